The Morgan fingerprint density at radius 3 is 2.60 bits per heavy atom. The largest absolute Gasteiger partial charge is 0.466 e. The zero-order valence-electron chi connectivity index (χ0n) is 9.95. The van der Waals surface area contributed by atoms with E-state index >= 15 is 0 Å². The summed E-state index contributed by atoms with van der Waals surface area (Å²) in [6.07, 6.45) is 4.10. The van der Waals surface area contributed by atoms with Crippen molar-refractivity contribution < 1.29 is 9.53 Å². The van der Waals surface area contributed by atoms with E-state index in [-0.39, 0.29) is 5.97 Å². The van der Waals surface area contributed by atoms with Gasteiger partial charge in [-0.1, -0.05) is 13.8 Å². The summed E-state index contributed by atoms with van der Waals surface area (Å²) in [5, 5.41) is 3.05. The number of methoxy groups -OCH3 is 1. The molecule has 0 atom stereocenters. The summed E-state index contributed by atoms with van der Waals surface area (Å²) in [5.41, 5.74) is 0. The topological polar surface area (TPSA) is 41.6 Å². The highest BCUT2D eigenvalue weighted by molar-refractivity contribution is 5.81. The molecular weight excluding hydrogens is 192 g/mol. The standard InChI is InChI=1S/C11H22N2O2/c1-4-13(5-2)10-6-8-12-9-7-11(14)15-3/h7,9,12H,4-6,8,10H2,1-3H3/b9-7+. The molecule has 0 fully saturated rings. The van der Waals surface area contributed by atoms with Gasteiger partial charge < -0.3 is 15.0 Å². The van der Waals surface area contributed by atoms with Crippen LogP contribution >= 0.6 is 0 Å². The Morgan fingerprint density at radius 1 is 1.40 bits per heavy atom. The molecule has 4 heteroatoms. The predicted octanol–water partition coefficient (Wildman–Crippen LogP) is 0.995. The molecule has 0 saturated carbocycles. The van der Waals surface area contributed by atoms with Crippen LogP contribution in [0, 0.1) is 0 Å². The van der Waals surface area contributed by atoms with Gasteiger partial charge in [0.2, 0.25) is 0 Å². The van der Waals surface area contributed by atoms with Crippen molar-refractivity contribution in [3.05, 3.63) is 12.3 Å². The van der Waals surface area contributed by atoms with Crippen LogP contribution in [0.25, 0.3) is 0 Å². The minimum Gasteiger partial charge on any atom is -0.466 e. The summed E-state index contributed by atoms with van der Waals surface area (Å²) < 4.78 is 4.46. The molecule has 0 radical (unpaired) electrons. The summed E-state index contributed by atoms with van der Waals surface area (Å²) in [4.78, 5) is 13.1. The highest BCUT2D eigenvalue weighted by Gasteiger charge is 1.96. The highest BCUT2D eigenvalue weighted by Crippen LogP contribution is 1.89. The van der Waals surface area contributed by atoms with Crippen molar-refractivity contribution in [2.45, 2.75) is 20.3 Å². The van der Waals surface area contributed by atoms with E-state index < -0.39 is 0 Å². The van der Waals surface area contributed by atoms with Gasteiger partial charge in [0.25, 0.3) is 0 Å². The number of nitrogens with zero attached hydrogens (tertiary/aromatic N) is 1. The van der Waals surface area contributed by atoms with E-state index in [1.165, 1.54) is 13.2 Å². The molecule has 0 unspecified atom stereocenters. The number of hydrogen-bond donors (Lipinski definition) is 1. The maximum absolute atomic E-state index is 10.7. The van der Waals surface area contributed by atoms with Crippen molar-refractivity contribution in [3.63, 3.8) is 0 Å². The second kappa shape index (κ2) is 9.52. The van der Waals surface area contributed by atoms with E-state index in [2.05, 4.69) is 28.8 Å². The lowest BCUT2D eigenvalue weighted by molar-refractivity contribution is -0.134. The van der Waals surface area contributed by atoms with Gasteiger partial charge in [0, 0.05) is 18.8 Å². The first kappa shape index (κ1) is 14.0. The summed E-state index contributed by atoms with van der Waals surface area (Å²) in [6.45, 7) is 8.47. The molecule has 0 saturated heterocycles. The molecule has 88 valence electrons. The Kier molecular flexibility index (Phi) is 8.87. The number of ether oxygens (including phenoxy) is 1. The third-order valence-electron chi connectivity index (χ3n) is 2.23. The molecule has 0 spiro atoms. The van der Waals surface area contributed by atoms with Crippen LogP contribution in [0.15, 0.2) is 12.3 Å². The van der Waals surface area contributed by atoms with Crippen LogP contribution in [0.1, 0.15) is 20.3 Å². The number of nitrogens with one attached hydrogen (secondary N) is 1. The Hall–Kier alpha value is -1.03. The number of carbonyl (C=O) groups excluding carboxylic acids is 1. The summed E-state index contributed by atoms with van der Waals surface area (Å²) in [5.74, 6) is -0.328. The third-order valence-corrected chi connectivity index (χ3v) is 2.23. The first-order chi connectivity index (χ1) is 7.24. The Bertz CT molecular complexity index is 189. The van der Waals surface area contributed by atoms with Crippen LogP contribution in [0.3, 0.4) is 0 Å². The fourth-order valence-corrected chi connectivity index (χ4v) is 1.22. The zero-order chi connectivity index (χ0) is 11.5. The smallest absolute Gasteiger partial charge is 0.331 e. The molecule has 0 aromatic rings. The monoisotopic (exact) mass is 214 g/mol. The number of carbonyl (C=O) groups is 1. The molecule has 0 amide bonds. The number of esters is 1. The van der Waals surface area contributed by atoms with Crippen LogP contribution in [0.5, 0.6) is 0 Å². The molecular formula is C11H22N2O2. The average Bonchev–Trinajstić information content (AvgIpc) is 2.28. The van der Waals surface area contributed by atoms with Gasteiger partial charge in [-0.3, -0.25) is 0 Å². The Labute approximate surface area is 92.3 Å². The lowest BCUT2D eigenvalue weighted by Crippen LogP contribution is -2.26. The summed E-state index contributed by atoms with van der Waals surface area (Å²) >= 11 is 0. The van der Waals surface area contributed by atoms with Crippen molar-refractivity contribution >= 4 is 5.97 Å². The van der Waals surface area contributed by atoms with E-state index in [4.69, 9.17) is 0 Å². The van der Waals surface area contributed by atoms with Gasteiger partial charge in [-0.2, -0.15) is 0 Å². The van der Waals surface area contributed by atoms with Crippen LogP contribution in [-0.4, -0.2) is 44.2 Å². The van der Waals surface area contributed by atoms with Gasteiger partial charge >= 0.3 is 5.97 Å². The molecule has 0 aliphatic rings. The second-order valence-corrected chi connectivity index (χ2v) is 3.19. The first-order valence-electron chi connectivity index (χ1n) is 5.44. The van der Waals surface area contributed by atoms with Crippen molar-refractivity contribution in [1.82, 2.24) is 10.2 Å². The van der Waals surface area contributed by atoms with Gasteiger partial charge in [-0.05, 0) is 26.1 Å². The van der Waals surface area contributed by atoms with Gasteiger partial charge in [0.05, 0.1) is 7.11 Å². The molecule has 0 aliphatic carbocycles. The molecule has 1 N–H and O–H groups in total. The SMILES string of the molecule is CCN(CC)CCCN/C=C/C(=O)OC. The molecule has 0 heterocycles. The Morgan fingerprint density at radius 2 is 2.07 bits per heavy atom. The predicted molar refractivity (Wildman–Crippen MR) is 61.6 cm³/mol. The van der Waals surface area contributed by atoms with Gasteiger partial charge in [0.15, 0.2) is 0 Å². The van der Waals surface area contributed by atoms with E-state index in [0.717, 1.165) is 32.6 Å². The van der Waals surface area contributed by atoms with Gasteiger partial charge in [0.1, 0.15) is 0 Å². The van der Waals surface area contributed by atoms with Crippen LogP contribution in [-0.2, 0) is 9.53 Å². The molecule has 0 aromatic carbocycles. The summed E-state index contributed by atoms with van der Waals surface area (Å²) in [7, 11) is 1.37. The Balaban J connectivity index is 3.38. The van der Waals surface area contributed by atoms with Crippen LogP contribution in [0.4, 0.5) is 0 Å². The minimum atomic E-state index is -0.328. The minimum absolute atomic E-state index is 0.328. The zero-order valence-corrected chi connectivity index (χ0v) is 9.95. The van der Waals surface area contributed by atoms with Gasteiger partial charge in [-0.15, -0.1) is 0 Å². The highest BCUT2D eigenvalue weighted by atomic mass is 16.5. The maximum atomic E-state index is 10.7. The molecule has 0 rings (SSSR count). The fourth-order valence-electron chi connectivity index (χ4n) is 1.22. The van der Waals surface area contributed by atoms with E-state index in [1.54, 1.807) is 6.20 Å². The van der Waals surface area contributed by atoms with Crippen LogP contribution < -0.4 is 5.32 Å². The van der Waals surface area contributed by atoms with Crippen LogP contribution in [0.2, 0.25) is 0 Å². The van der Waals surface area contributed by atoms with Crippen molar-refractivity contribution in [3.8, 4) is 0 Å². The van der Waals surface area contributed by atoms with E-state index in [9.17, 15) is 4.79 Å². The average molecular weight is 214 g/mol. The van der Waals surface area contributed by atoms with Crippen molar-refractivity contribution in [2.24, 2.45) is 0 Å². The van der Waals surface area contributed by atoms with E-state index in [0.29, 0.717) is 0 Å². The number of rotatable bonds is 8. The lowest BCUT2D eigenvalue weighted by atomic mass is 10.3. The van der Waals surface area contributed by atoms with E-state index in [1.807, 2.05) is 0 Å². The summed E-state index contributed by atoms with van der Waals surface area (Å²) in [6, 6.07) is 0. The molecule has 0 aromatic heterocycles. The lowest BCUT2D eigenvalue weighted by Gasteiger charge is -2.17. The molecule has 4 nitrogen and oxygen atoms in total. The number of hydrogen-bond acceptors (Lipinski definition) is 4. The van der Waals surface area contributed by atoms with Gasteiger partial charge in [-0.25, -0.2) is 4.79 Å². The normalized spacial score (nSPS) is 10.9. The second-order valence-electron chi connectivity index (χ2n) is 3.19. The molecule has 0 bridgehead atoms. The maximum Gasteiger partial charge on any atom is 0.331 e. The van der Waals surface area contributed by atoms with Crippen molar-refractivity contribution in [2.75, 3.05) is 33.3 Å². The third kappa shape index (κ3) is 8.00. The molecule has 0 aliphatic heterocycles. The first-order valence-corrected chi connectivity index (χ1v) is 5.44. The van der Waals surface area contributed by atoms with Crippen molar-refractivity contribution in [1.29, 1.82) is 0 Å². The fraction of sp³-hybridized carbons (Fsp3) is 0.727. The molecule has 15 heavy (non-hydrogen) atoms. The quantitative estimate of drug-likeness (QED) is 0.372.